The molecule has 0 N–H and O–H groups in total. The summed E-state index contributed by atoms with van der Waals surface area (Å²) in [4.78, 5) is 31.6. The van der Waals surface area contributed by atoms with Gasteiger partial charge in [0.2, 0.25) is 0 Å². The first-order valence-electron chi connectivity index (χ1n) is 12.2. The molecule has 2 aliphatic rings. The second kappa shape index (κ2) is 10.8. The van der Waals surface area contributed by atoms with Crippen molar-refractivity contribution >= 4 is 11.9 Å². The van der Waals surface area contributed by atoms with Crippen LogP contribution in [-0.4, -0.2) is 36.8 Å². The second-order valence-corrected chi connectivity index (χ2v) is 9.07. The van der Waals surface area contributed by atoms with Gasteiger partial charge >= 0.3 is 11.9 Å². The van der Waals surface area contributed by atoms with Crippen molar-refractivity contribution in [1.29, 1.82) is 0 Å². The molecule has 0 radical (unpaired) electrons. The Morgan fingerprint density at radius 3 is 2.06 bits per heavy atom. The molecule has 1 aromatic carbocycles. The van der Waals surface area contributed by atoms with Crippen molar-refractivity contribution in [1.82, 2.24) is 4.57 Å². The van der Waals surface area contributed by atoms with E-state index in [1.807, 2.05) is 41.0 Å². The molecule has 176 valence electrons. The predicted octanol–water partition coefficient (Wildman–Crippen LogP) is 5.47. The zero-order valence-corrected chi connectivity index (χ0v) is 19.7. The molecule has 2 aromatic rings. The van der Waals surface area contributed by atoms with Gasteiger partial charge in [-0.3, -0.25) is 4.99 Å². The van der Waals surface area contributed by atoms with Crippen LogP contribution in [0.5, 0.6) is 0 Å². The van der Waals surface area contributed by atoms with Crippen LogP contribution in [0.3, 0.4) is 0 Å². The highest BCUT2D eigenvalue weighted by atomic mass is 16.5. The molecule has 2 fully saturated rings. The minimum absolute atomic E-state index is 0.100. The first-order valence-corrected chi connectivity index (χ1v) is 12.2. The van der Waals surface area contributed by atoms with Crippen molar-refractivity contribution in [2.75, 3.05) is 14.2 Å². The standard InChI is InChI=1S/C27H34N2O4/c1-32-26(30)24-22(19-12-6-3-7-13-19)18-23(28-20-14-8-4-9-15-20)29(25(24)27(31)33-2)21-16-10-5-11-17-21/h3,6-7,12-13,18,20-21H,4-5,8-11,14-17H2,1-2H3. The van der Waals surface area contributed by atoms with E-state index in [0.717, 1.165) is 49.6 Å². The minimum Gasteiger partial charge on any atom is -0.465 e. The number of aromatic nitrogens is 1. The van der Waals surface area contributed by atoms with Crippen LogP contribution in [0, 0.1) is 0 Å². The van der Waals surface area contributed by atoms with Gasteiger partial charge < -0.3 is 14.0 Å². The lowest BCUT2D eigenvalue weighted by Gasteiger charge is -2.29. The molecule has 0 spiro atoms. The van der Waals surface area contributed by atoms with E-state index < -0.39 is 11.9 Å². The van der Waals surface area contributed by atoms with E-state index in [-0.39, 0.29) is 23.3 Å². The number of nitrogens with zero attached hydrogens (tertiary/aromatic N) is 2. The minimum atomic E-state index is -0.539. The lowest BCUT2D eigenvalue weighted by Crippen LogP contribution is -2.36. The Labute approximate surface area is 195 Å². The van der Waals surface area contributed by atoms with Gasteiger partial charge in [0, 0.05) is 11.6 Å². The maximum Gasteiger partial charge on any atom is 0.355 e. The first-order chi connectivity index (χ1) is 16.1. The van der Waals surface area contributed by atoms with Crippen LogP contribution in [0.4, 0.5) is 0 Å². The third-order valence-electron chi connectivity index (χ3n) is 6.95. The van der Waals surface area contributed by atoms with E-state index in [9.17, 15) is 9.59 Å². The average molecular weight is 451 g/mol. The zero-order valence-electron chi connectivity index (χ0n) is 19.7. The number of carbonyl (C=O) groups is 2. The van der Waals surface area contributed by atoms with Gasteiger partial charge in [-0.2, -0.15) is 0 Å². The molecular formula is C27H34N2O4. The van der Waals surface area contributed by atoms with E-state index in [2.05, 4.69) is 0 Å². The third-order valence-corrected chi connectivity index (χ3v) is 6.95. The number of ether oxygens (including phenoxy) is 2. The summed E-state index contributed by atoms with van der Waals surface area (Å²) in [7, 11) is 2.71. The molecule has 33 heavy (non-hydrogen) atoms. The average Bonchev–Trinajstić information content (AvgIpc) is 2.88. The Kier molecular flexibility index (Phi) is 7.63. The van der Waals surface area contributed by atoms with Crippen molar-refractivity contribution in [3.8, 4) is 11.1 Å². The van der Waals surface area contributed by atoms with E-state index >= 15 is 0 Å². The summed E-state index contributed by atoms with van der Waals surface area (Å²) >= 11 is 0. The number of esters is 2. The maximum absolute atomic E-state index is 13.3. The molecule has 0 atom stereocenters. The Balaban J connectivity index is 2.06. The fraction of sp³-hybridized carbons (Fsp3) is 0.519. The van der Waals surface area contributed by atoms with E-state index in [1.165, 1.54) is 39.9 Å². The molecule has 2 aliphatic carbocycles. The lowest BCUT2D eigenvalue weighted by molar-refractivity contribution is 0.0539. The molecule has 1 aromatic heterocycles. The molecule has 6 heteroatoms. The molecule has 4 rings (SSSR count). The predicted molar refractivity (Wildman–Crippen MR) is 127 cm³/mol. The number of carbonyl (C=O) groups excluding carboxylic acids is 2. The lowest BCUT2D eigenvalue weighted by atomic mass is 9.92. The zero-order chi connectivity index (χ0) is 23.2. The molecule has 0 aliphatic heterocycles. The smallest absolute Gasteiger partial charge is 0.355 e. The van der Waals surface area contributed by atoms with Crippen LogP contribution < -0.4 is 5.49 Å². The molecule has 0 bridgehead atoms. The molecule has 1 heterocycles. The van der Waals surface area contributed by atoms with E-state index in [1.54, 1.807) is 0 Å². The van der Waals surface area contributed by atoms with Crippen molar-refractivity contribution < 1.29 is 19.1 Å². The molecule has 0 saturated heterocycles. The van der Waals surface area contributed by atoms with Crippen LogP contribution in [0.2, 0.25) is 0 Å². The molecular weight excluding hydrogens is 416 g/mol. The largest absolute Gasteiger partial charge is 0.465 e. The van der Waals surface area contributed by atoms with Gasteiger partial charge in [0.15, 0.2) is 0 Å². The summed E-state index contributed by atoms with van der Waals surface area (Å²) in [6, 6.07) is 12.0. The van der Waals surface area contributed by atoms with Crippen molar-refractivity contribution in [3.63, 3.8) is 0 Å². The van der Waals surface area contributed by atoms with Gasteiger partial charge in [-0.15, -0.1) is 0 Å². The Morgan fingerprint density at radius 1 is 0.848 bits per heavy atom. The van der Waals surface area contributed by atoms with Crippen molar-refractivity contribution in [3.05, 3.63) is 53.1 Å². The maximum atomic E-state index is 13.3. The summed E-state index contributed by atoms with van der Waals surface area (Å²) < 4.78 is 12.4. The number of benzene rings is 1. The third kappa shape index (κ3) is 5.05. The normalized spacial score (nSPS) is 18.2. The SMILES string of the molecule is COC(=O)c1c(-c2ccccc2)cc(=NC2CCCCC2)n(C2CCCCC2)c1C(=O)OC. The Hall–Kier alpha value is -2.89. The van der Waals surface area contributed by atoms with E-state index in [4.69, 9.17) is 14.5 Å². The fourth-order valence-electron chi connectivity index (χ4n) is 5.29. The van der Waals surface area contributed by atoms with Gasteiger partial charge in [0.05, 0.1) is 25.8 Å². The number of methoxy groups -OCH3 is 2. The number of rotatable bonds is 5. The van der Waals surface area contributed by atoms with Gasteiger partial charge in [0.1, 0.15) is 11.2 Å². The van der Waals surface area contributed by atoms with Crippen LogP contribution in [0.25, 0.3) is 11.1 Å². The van der Waals surface area contributed by atoms with Crippen molar-refractivity contribution in [2.24, 2.45) is 4.99 Å². The van der Waals surface area contributed by atoms with Gasteiger partial charge in [0.25, 0.3) is 0 Å². The summed E-state index contributed by atoms with van der Waals surface area (Å²) in [5.41, 5.74) is 2.78. The molecule has 2 saturated carbocycles. The van der Waals surface area contributed by atoms with Gasteiger partial charge in [-0.25, -0.2) is 9.59 Å². The summed E-state index contributed by atoms with van der Waals surface area (Å²) in [6.45, 7) is 0. The summed E-state index contributed by atoms with van der Waals surface area (Å²) in [5, 5.41) is 0. The first kappa shape index (κ1) is 23.3. The monoisotopic (exact) mass is 450 g/mol. The van der Waals surface area contributed by atoms with E-state index in [0.29, 0.717) is 5.56 Å². The van der Waals surface area contributed by atoms with Crippen LogP contribution >= 0.6 is 0 Å². The van der Waals surface area contributed by atoms with Gasteiger partial charge in [-0.1, -0.05) is 68.9 Å². The fourth-order valence-corrected chi connectivity index (χ4v) is 5.29. The van der Waals surface area contributed by atoms with Crippen molar-refractivity contribution in [2.45, 2.75) is 76.3 Å². The van der Waals surface area contributed by atoms with Crippen LogP contribution in [0.15, 0.2) is 41.4 Å². The number of hydrogen-bond donors (Lipinski definition) is 0. The molecule has 6 nitrogen and oxygen atoms in total. The highest BCUT2D eigenvalue weighted by Crippen LogP contribution is 2.33. The highest BCUT2D eigenvalue weighted by Gasteiger charge is 2.31. The molecule has 0 unspecified atom stereocenters. The Bertz CT molecular complexity index is 1050. The topological polar surface area (TPSA) is 69.9 Å². The second-order valence-electron chi connectivity index (χ2n) is 9.07. The summed E-state index contributed by atoms with van der Waals surface area (Å²) in [6.07, 6.45) is 11.0. The Morgan fingerprint density at radius 2 is 1.45 bits per heavy atom. The van der Waals surface area contributed by atoms with Crippen LogP contribution in [0.1, 0.15) is 91.1 Å². The van der Waals surface area contributed by atoms with Gasteiger partial charge in [-0.05, 0) is 37.3 Å². The number of pyridine rings is 1. The summed E-state index contributed by atoms with van der Waals surface area (Å²) in [5.74, 6) is -1.07. The quantitative estimate of drug-likeness (QED) is 0.567. The highest BCUT2D eigenvalue weighted by molar-refractivity contribution is 6.06. The van der Waals surface area contributed by atoms with Crippen LogP contribution in [-0.2, 0) is 9.47 Å². The molecule has 0 amide bonds. The number of hydrogen-bond acceptors (Lipinski definition) is 5.